The number of hydrogen-bond donors (Lipinski definition) is 1. The number of halogens is 1. The van der Waals surface area contributed by atoms with Crippen LogP contribution in [0, 0.1) is 0 Å². The monoisotopic (exact) mass is 553 g/mol. The van der Waals surface area contributed by atoms with Crippen molar-refractivity contribution in [2.24, 2.45) is 4.99 Å². The van der Waals surface area contributed by atoms with Gasteiger partial charge < -0.3 is 14.6 Å². The van der Waals surface area contributed by atoms with E-state index in [1.54, 1.807) is 13.3 Å². The predicted octanol–water partition coefficient (Wildman–Crippen LogP) is 7.27. The largest absolute Gasteiger partial charge is 0.480 e. The number of ether oxygens (including phenoxy) is 1. The van der Waals surface area contributed by atoms with Crippen LogP contribution in [0.3, 0.4) is 0 Å². The zero-order valence-electron chi connectivity index (χ0n) is 20.7. The number of nitrogens with one attached hydrogen (secondary N) is 1. The molecule has 1 aliphatic heterocycles. The van der Waals surface area contributed by atoms with Gasteiger partial charge in [-0.3, -0.25) is 4.99 Å². The molecule has 1 N–H and O–H groups in total. The molecular formula is C30H28BrN5O. The van der Waals surface area contributed by atoms with Crippen molar-refractivity contribution in [3.05, 3.63) is 88.8 Å². The van der Waals surface area contributed by atoms with Crippen molar-refractivity contribution in [2.75, 3.05) is 12.4 Å². The van der Waals surface area contributed by atoms with Gasteiger partial charge in [-0.2, -0.15) is 0 Å². The summed E-state index contributed by atoms with van der Waals surface area (Å²) in [7, 11) is 1.63. The molecule has 6 nitrogen and oxygen atoms in total. The van der Waals surface area contributed by atoms with E-state index in [2.05, 4.69) is 85.4 Å². The van der Waals surface area contributed by atoms with Crippen LogP contribution in [-0.4, -0.2) is 27.7 Å². The van der Waals surface area contributed by atoms with Crippen molar-refractivity contribution in [3.63, 3.8) is 0 Å². The van der Waals surface area contributed by atoms with Gasteiger partial charge in [0.2, 0.25) is 5.88 Å². The van der Waals surface area contributed by atoms with Crippen LogP contribution < -0.4 is 15.4 Å². The van der Waals surface area contributed by atoms with Crippen molar-refractivity contribution in [2.45, 2.75) is 38.1 Å². The highest BCUT2D eigenvalue weighted by molar-refractivity contribution is 9.10. The van der Waals surface area contributed by atoms with Gasteiger partial charge in [0.25, 0.3) is 0 Å². The Morgan fingerprint density at radius 1 is 0.946 bits per heavy atom. The van der Waals surface area contributed by atoms with Crippen molar-refractivity contribution in [3.8, 4) is 23.0 Å². The molecule has 3 aromatic rings. The van der Waals surface area contributed by atoms with Crippen LogP contribution in [0.15, 0.2) is 88.5 Å². The van der Waals surface area contributed by atoms with Gasteiger partial charge in [-0.1, -0.05) is 47.3 Å². The lowest BCUT2D eigenvalue weighted by atomic mass is 9.96. The van der Waals surface area contributed by atoms with Gasteiger partial charge in [0.15, 0.2) is 0 Å². The summed E-state index contributed by atoms with van der Waals surface area (Å²) in [5.41, 5.74) is 6.65. The fourth-order valence-electron chi connectivity index (χ4n) is 5.12. The Balaban J connectivity index is 1.62. The molecule has 0 atom stereocenters. The Labute approximate surface area is 224 Å². The highest BCUT2D eigenvalue weighted by atomic mass is 79.9. The normalized spacial score (nSPS) is 14.8. The number of rotatable bonds is 5. The average Bonchev–Trinajstić information content (AvgIpc) is 2.94. The number of nitrogens with zero attached hydrogens (tertiary/aromatic N) is 4. The Morgan fingerprint density at radius 3 is 2.57 bits per heavy atom. The first-order valence-electron chi connectivity index (χ1n) is 12.7. The molecular weight excluding hydrogens is 526 g/mol. The molecule has 2 aliphatic carbocycles. The molecule has 0 saturated heterocycles. The summed E-state index contributed by atoms with van der Waals surface area (Å²) in [6, 6.07) is 25.1. The second-order valence-corrected chi connectivity index (χ2v) is 10.3. The number of anilines is 2. The Hall–Kier alpha value is -3.71. The number of fused-ring (bicyclic) bond motifs is 2. The summed E-state index contributed by atoms with van der Waals surface area (Å²) in [6.07, 6.45) is 7.72. The lowest BCUT2D eigenvalue weighted by Gasteiger charge is -2.22. The molecule has 2 aromatic carbocycles. The maximum Gasteiger partial charge on any atom is 0.237 e. The molecule has 1 fully saturated rings. The van der Waals surface area contributed by atoms with E-state index in [0.29, 0.717) is 11.9 Å². The summed E-state index contributed by atoms with van der Waals surface area (Å²) in [5.74, 6) is 0.544. The SMILES string of the molecule is COc1ncccc1Nc1cc2nc3ccccc3n(-c3ccc(Br)cc3)c-2c/c1=N\C1CCCCC1. The molecule has 37 heavy (non-hydrogen) atoms. The van der Waals surface area contributed by atoms with Gasteiger partial charge in [-0.25, -0.2) is 9.97 Å². The maximum atomic E-state index is 5.51. The van der Waals surface area contributed by atoms with Crippen LogP contribution in [-0.2, 0) is 0 Å². The quantitative estimate of drug-likeness (QED) is 0.232. The lowest BCUT2D eigenvalue weighted by molar-refractivity contribution is 0.400. The molecule has 0 amide bonds. The summed E-state index contributed by atoms with van der Waals surface area (Å²) in [4.78, 5) is 14.7. The third kappa shape index (κ3) is 4.83. The number of aromatic nitrogens is 3. The summed E-state index contributed by atoms with van der Waals surface area (Å²) < 4.78 is 8.83. The van der Waals surface area contributed by atoms with Gasteiger partial charge in [0.1, 0.15) is 5.69 Å². The number of pyridine rings is 1. The van der Waals surface area contributed by atoms with Gasteiger partial charge in [0, 0.05) is 16.4 Å². The average molecular weight is 554 g/mol. The zero-order chi connectivity index (χ0) is 25.2. The maximum absolute atomic E-state index is 5.51. The summed E-state index contributed by atoms with van der Waals surface area (Å²) >= 11 is 3.58. The van der Waals surface area contributed by atoms with E-state index < -0.39 is 0 Å². The smallest absolute Gasteiger partial charge is 0.237 e. The molecule has 0 spiro atoms. The Kier molecular flexibility index (Phi) is 6.62. The van der Waals surface area contributed by atoms with Crippen LogP contribution in [0.1, 0.15) is 32.1 Å². The minimum Gasteiger partial charge on any atom is -0.480 e. The predicted molar refractivity (Wildman–Crippen MR) is 152 cm³/mol. The Morgan fingerprint density at radius 2 is 1.76 bits per heavy atom. The fourth-order valence-corrected chi connectivity index (χ4v) is 5.38. The third-order valence-corrected chi connectivity index (χ3v) is 7.44. The van der Waals surface area contributed by atoms with Crippen molar-refractivity contribution >= 4 is 38.3 Å². The molecule has 1 saturated carbocycles. The van der Waals surface area contributed by atoms with Gasteiger partial charge in [-0.05, 0) is 73.5 Å². The first-order chi connectivity index (χ1) is 18.2. The molecule has 0 unspecified atom stereocenters. The summed E-state index contributed by atoms with van der Waals surface area (Å²) in [5, 5.41) is 4.48. The van der Waals surface area contributed by atoms with E-state index in [4.69, 9.17) is 14.7 Å². The second-order valence-electron chi connectivity index (χ2n) is 9.38. The van der Waals surface area contributed by atoms with E-state index in [9.17, 15) is 0 Å². The van der Waals surface area contributed by atoms with Crippen LogP contribution >= 0.6 is 15.9 Å². The van der Waals surface area contributed by atoms with Crippen molar-refractivity contribution in [1.82, 2.24) is 14.5 Å². The lowest BCUT2D eigenvalue weighted by Crippen LogP contribution is -2.19. The third-order valence-electron chi connectivity index (χ3n) is 6.91. The molecule has 186 valence electrons. The number of methoxy groups -OCH3 is 1. The van der Waals surface area contributed by atoms with Crippen molar-refractivity contribution < 1.29 is 4.74 Å². The second kappa shape index (κ2) is 10.3. The van der Waals surface area contributed by atoms with Gasteiger partial charge in [0.05, 0.1) is 46.6 Å². The number of benzene rings is 3. The molecule has 1 aromatic heterocycles. The van der Waals surface area contributed by atoms with Gasteiger partial charge in [-0.15, -0.1) is 0 Å². The Bertz CT molecular complexity index is 1590. The van der Waals surface area contributed by atoms with E-state index >= 15 is 0 Å². The number of para-hydroxylation sites is 2. The minimum atomic E-state index is 0.317. The standard InChI is InChI=1S/C30H28BrN5O/c1-37-30-24(11-7-17-32-30)35-25-18-27-29(19-26(25)33-21-8-3-2-4-9-21)36(22-15-13-20(31)14-16-22)28-12-6-5-10-23(28)34-27/h5-7,10-19,21,35H,2-4,8-9H2,1H3/b33-26+. The fraction of sp³-hybridized carbons (Fsp3) is 0.233. The molecule has 2 heterocycles. The van der Waals surface area contributed by atoms with Crippen LogP contribution in [0.2, 0.25) is 0 Å². The highest BCUT2D eigenvalue weighted by Crippen LogP contribution is 2.32. The number of hydrogen-bond acceptors (Lipinski definition) is 5. The van der Waals surface area contributed by atoms with Crippen LogP contribution in [0.25, 0.3) is 28.1 Å². The molecule has 6 rings (SSSR count). The molecule has 3 aliphatic rings. The van der Waals surface area contributed by atoms with E-state index in [0.717, 1.165) is 62.2 Å². The molecule has 0 radical (unpaired) electrons. The summed E-state index contributed by atoms with van der Waals surface area (Å²) in [6.45, 7) is 0. The van der Waals surface area contributed by atoms with E-state index in [1.165, 1.54) is 19.3 Å². The topological polar surface area (TPSA) is 64.3 Å². The zero-order valence-corrected chi connectivity index (χ0v) is 22.3. The highest BCUT2D eigenvalue weighted by Gasteiger charge is 2.19. The minimum absolute atomic E-state index is 0.317. The first-order valence-corrected chi connectivity index (χ1v) is 13.5. The van der Waals surface area contributed by atoms with Crippen LogP contribution in [0.5, 0.6) is 5.88 Å². The molecule has 7 heteroatoms. The molecule has 0 bridgehead atoms. The van der Waals surface area contributed by atoms with Crippen LogP contribution in [0.4, 0.5) is 11.4 Å². The van der Waals surface area contributed by atoms with E-state index in [-0.39, 0.29) is 0 Å². The van der Waals surface area contributed by atoms with E-state index in [1.807, 2.05) is 18.2 Å². The van der Waals surface area contributed by atoms with Crippen molar-refractivity contribution in [1.29, 1.82) is 0 Å². The first kappa shape index (κ1) is 23.7. The van der Waals surface area contributed by atoms with Gasteiger partial charge >= 0.3 is 0 Å².